The molecular formula is C12H21N3O. The van der Waals surface area contributed by atoms with Crippen molar-refractivity contribution in [3.8, 4) is 0 Å². The van der Waals surface area contributed by atoms with Gasteiger partial charge in [0.25, 0.3) is 0 Å². The minimum absolute atomic E-state index is 0.282. The number of aliphatic hydroxyl groups excluding tert-OH is 1. The van der Waals surface area contributed by atoms with Gasteiger partial charge in [-0.2, -0.15) is 0 Å². The number of hydrogen-bond donors (Lipinski definition) is 1. The minimum atomic E-state index is 0.282. The van der Waals surface area contributed by atoms with Crippen LogP contribution in [0.5, 0.6) is 0 Å². The quantitative estimate of drug-likeness (QED) is 0.824. The van der Waals surface area contributed by atoms with E-state index in [-0.39, 0.29) is 6.61 Å². The smallest absolute Gasteiger partial charge is 0.105 e. The highest BCUT2D eigenvalue weighted by molar-refractivity contribution is 4.90. The zero-order chi connectivity index (χ0) is 11.5. The topological polar surface area (TPSA) is 41.3 Å². The van der Waals surface area contributed by atoms with Crippen LogP contribution >= 0.6 is 0 Å². The van der Waals surface area contributed by atoms with E-state index < -0.39 is 0 Å². The molecule has 1 saturated heterocycles. The van der Waals surface area contributed by atoms with Crippen LogP contribution in [0.1, 0.15) is 19.2 Å². The molecule has 1 N–H and O–H groups in total. The largest absolute Gasteiger partial charge is 0.395 e. The zero-order valence-corrected chi connectivity index (χ0v) is 10.1. The maximum absolute atomic E-state index is 9.36. The fourth-order valence-corrected chi connectivity index (χ4v) is 2.54. The van der Waals surface area contributed by atoms with E-state index in [0.717, 1.165) is 25.5 Å². The third-order valence-corrected chi connectivity index (χ3v) is 3.74. The van der Waals surface area contributed by atoms with Crippen LogP contribution in [-0.4, -0.2) is 45.3 Å². The highest BCUT2D eigenvalue weighted by atomic mass is 16.3. The number of rotatable bonds is 4. The van der Waals surface area contributed by atoms with Crippen LogP contribution in [0.25, 0.3) is 0 Å². The Morgan fingerprint density at radius 2 is 2.31 bits per heavy atom. The van der Waals surface area contributed by atoms with Crippen LogP contribution in [0.2, 0.25) is 0 Å². The lowest BCUT2D eigenvalue weighted by Gasteiger charge is -2.25. The van der Waals surface area contributed by atoms with Gasteiger partial charge in [-0.05, 0) is 25.8 Å². The highest BCUT2D eigenvalue weighted by Gasteiger charge is 2.29. The van der Waals surface area contributed by atoms with Crippen molar-refractivity contribution in [2.45, 2.75) is 32.9 Å². The Hall–Kier alpha value is -0.870. The number of aromatic nitrogens is 2. The molecule has 1 aromatic rings. The first-order valence-electron chi connectivity index (χ1n) is 6.05. The van der Waals surface area contributed by atoms with Gasteiger partial charge in [0.2, 0.25) is 0 Å². The van der Waals surface area contributed by atoms with E-state index in [2.05, 4.69) is 21.4 Å². The number of aryl methyl sites for hydroxylation is 1. The molecule has 0 amide bonds. The Labute approximate surface area is 96.9 Å². The van der Waals surface area contributed by atoms with E-state index in [0.29, 0.717) is 12.0 Å². The molecule has 0 spiro atoms. The molecule has 2 unspecified atom stereocenters. The highest BCUT2D eigenvalue weighted by Crippen LogP contribution is 2.23. The van der Waals surface area contributed by atoms with E-state index >= 15 is 0 Å². The summed E-state index contributed by atoms with van der Waals surface area (Å²) in [5.41, 5.74) is 0. The molecule has 1 aliphatic heterocycles. The molecule has 1 fully saturated rings. The molecule has 0 aromatic carbocycles. The van der Waals surface area contributed by atoms with E-state index in [1.54, 1.807) is 0 Å². The summed E-state index contributed by atoms with van der Waals surface area (Å²) in [7, 11) is 0. The monoisotopic (exact) mass is 223 g/mol. The average molecular weight is 223 g/mol. The van der Waals surface area contributed by atoms with Gasteiger partial charge in [-0.25, -0.2) is 4.98 Å². The third kappa shape index (κ3) is 2.28. The van der Waals surface area contributed by atoms with Gasteiger partial charge in [0.1, 0.15) is 5.82 Å². The number of hydrogen-bond acceptors (Lipinski definition) is 3. The summed E-state index contributed by atoms with van der Waals surface area (Å²) in [6.07, 6.45) is 5.06. The molecule has 2 rings (SSSR count). The fraction of sp³-hybridized carbons (Fsp3) is 0.750. The first-order chi connectivity index (χ1) is 7.72. The fourth-order valence-electron chi connectivity index (χ4n) is 2.54. The molecule has 4 heteroatoms. The Bertz CT molecular complexity index is 337. The van der Waals surface area contributed by atoms with Gasteiger partial charge in [0, 0.05) is 31.5 Å². The molecule has 0 radical (unpaired) electrons. The third-order valence-electron chi connectivity index (χ3n) is 3.74. The summed E-state index contributed by atoms with van der Waals surface area (Å²) in [6.45, 7) is 7.62. The van der Waals surface area contributed by atoms with Crippen molar-refractivity contribution in [3.05, 3.63) is 18.2 Å². The van der Waals surface area contributed by atoms with Crippen molar-refractivity contribution < 1.29 is 5.11 Å². The van der Waals surface area contributed by atoms with Crippen LogP contribution in [0.15, 0.2) is 12.4 Å². The van der Waals surface area contributed by atoms with Crippen molar-refractivity contribution in [1.29, 1.82) is 0 Å². The van der Waals surface area contributed by atoms with Crippen LogP contribution < -0.4 is 0 Å². The van der Waals surface area contributed by atoms with E-state index in [4.69, 9.17) is 0 Å². The molecule has 1 aromatic heterocycles. The van der Waals surface area contributed by atoms with E-state index in [1.165, 1.54) is 6.42 Å². The lowest BCUT2D eigenvalue weighted by atomic mass is 10.0. The van der Waals surface area contributed by atoms with Crippen LogP contribution in [-0.2, 0) is 6.54 Å². The Kier molecular flexibility index (Phi) is 3.61. The lowest BCUT2D eigenvalue weighted by molar-refractivity contribution is 0.136. The molecule has 2 atom stereocenters. The van der Waals surface area contributed by atoms with Gasteiger partial charge in [0.15, 0.2) is 0 Å². The summed E-state index contributed by atoms with van der Waals surface area (Å²) >= 11 is 0. The maximum atomic E-state index is 9.36. The van der Waals surface area contributed by atoms with E-state index in [9.17, 15) is 5.11 Å². The van der Waals surface area contributed by atoms with Gasteiger partial charge < -0.3 is 9.67 Å². The number of likely N-dealkylation sites (tertiary alicyclic amines) is 1. The number of aliphatic hydroxyl groups is 1. The van der Waals surface area contributed by atoms with Crippen molar-refractivity contribution >= 4 is 0 Å². The summed E-state index contributed by atoms with van der Waals surface area (Å²) in [6, 6.07) is 0.351. The van der Waals surface area contributed by atoms with Crippen LogP contribution in [0.3, 0.4) is 0 Å². The predicted octanol–water partition coefficient (Wildman–Crippen LogP) is 0.894. The summed E-state index contributed by atoms with van der Waals surface area (Å²) in [5, 5.41) is 9.36. The number of imidazole rings is 1. The van der Waals surface area contributed by atoms with Gasteiger partial charge in [-0.3, -0.25) is 4.90 Å². The van der Waals surface area contributed by atoms with Crippen molar-refractivity contribution in [2.24, 2.45) is 5.92 Å². The number of nitrogens with zero attached hydrogens (tertiary/aromatic N) is 3. The zero-order valence-electron chi connectivity index (χ0n) is 10.1. The van der Waals surface area contributed by atoms with Crippen molar-refractivity contribution in [3.63, 3.8) is 0 Å². The van der Waals surface area contributed by atoms with Crippen molar-refractivity contribution in [1.82, 2.24) is 14.5 Å². The molecule has 0 saturated carbocycles. The predicted molar refractivity (Wildman–Crippen MR) is 63.2 cm³/mol. The minimum Gasteiger partial charge on any atom is -0.395 e. The van der Waals surface area contributed by atoms with Crippen LogP contribution in [0, 0.1) is 12.8 Å². The van der Waals surface area contributed by atoms with Gasteiger partial charge in [-0.1, -0.05) is 6.92 Å². The first-order valence-corrected chi connectivity index (χ1v) is 6.05. The lowest BCUT2D eigenvalue weighted by Crippen LogP contribution is -2.37. The SMILES string of the molecule is Cc1nccn1CCN1CCC(C)C1CO. The Morgan fingerprint density at radius 3 is 2.94 bits per heavy atom. The van der Waals surface area contributed by atoms with Crippen molar-refractivity contribution in [2.75, 3.05) is 19.7 Å². The Balaban J connectivity index is 1.89. The second-order valence-corrected chi connectivity index (χ2v) is 4.72. The summed E-state index contributed by atoms with van der Waals surface area (Å²) < 4.78 is 2.16. The molecular weight excluding hydrogens is 202 g/mol. The average Bonchev–Trinajstić information content (AvgIpc) is 2.82. The van der Waals surface area contributed by atoms with Gasteiger partial charge >= 0.3 is 0 Å². The summed E-state index contributed by atoms with van der Waals surface area (Å²) in [4.78, 5) is 6.60. The second kappa shape index (κ2) is 4.97. The molecule has 90 valence electrons. The molecule has 16 heavy (non-hydrogen) atoms. The normalized spacial score (nSPS) is 26.4. The molecule has 0 aliphatic carbocycles. The van der Waals surface area contributed by atoms with Crippen LogP contribution in [0.4, 0.5) is 0 Å². The standard InChI is InChI=1S/C12H21N3O/c1-10-3-5-15(12(10)9-16)8-7-14-6-4-13-11(14)2/h4,6,10,12,16H,3,5,7-9H2,1-2H3. The molecule has 0 bridgehead atoms. The first kappa shape index (κ1) is 11.6. The maximum Gasteiger partial charge on any atom is 0.105 e. The molecule has 2 heterocycles. The molecule has 1 aliphatic rings. The summed E-state index contributed by atoms with van der Waals surface area (Å²) in [5.74, 6) is 1.68. The Morgan fingerprint density at radius 1 is 1.50 bits per heavy atom. The second-order valence-electron chi connectivity index (χ2n) is 4.72. The van der Waals surface area contributed by atoms with Gasteiger partial charge in [-0.15, -0.1) is 0 Å². The molecule has 4 nitrogen and oxygen atoms in total. The van der Waals surface area contributed by atoms with E-state index in [1.807, 2.05) is 19.3 Å². The van der Waals surface area contributed by atoms with Gasteiger partial charge in [0.05, 0.1) is 6.61 Å².